The molecule has 1 aromatic heterocycles. The zero-order valence-corrected chi connectivity index (χ0v) is 17.8. The van der Waals surface area contributed by atoms with Gasteiger partial charge < -0.3 is 14.6 Å². The summed E-state index contributed by atoms with van der Waals surface area (Å²) in [6.07, 6.45) is 3.09. The number of hydrogen-bond acceptors (Lipinski definition) is 5. The van der Waals surface area contributed by atoms with Crippen molar-refractivity contribution in [3.05, 3.63) is 59.7 Å². The van der Waals surface area contributed by atoms with E-state index in [1.807, 2.05) is 0 Å². The minimum Gasteiger partial charge on any atom is -0.368 e. The van der Waals surface area contributed by atoms with Crippen molar-refractivity contribution in [2.75, 3.05) is 26.2 Å². The molecule has 7 heteroatoms. The number of aromatic nitrogens is 3. The number of nitrogens with zero attached hydrogens (tertiary/aromatic N) is 4. The molecular formula is C24H29N5O2. The third kappa shape index (κ3) is 4.62. The molecule has 5 rings (SSSR count). The van der Waals surface area contributed by atoms with Crippen LogP contribution in [0, 0.1) is 0 Å². The molecule has 162 valence electrons. The predicted molar refractivity (Wildman–Crippen MR) is 119 cm³/mol. The Morgan fingerprint density at radius 1 is 1.10 bits per heavy atom. The molecule has 3 heterocycles. The lowest BCUT2D eigenvalue weighted by Crippen LogP contribution is -2.35. The Bertz CT molecular complexity index is 1060. The molecular weight excluding hydrogens is 390 g/mol. The average Bonchev–Trinajstić information content (AvgIpc) is 3.42. The molecule has 0 unspecified atom stereocenters. The van der Waals surface area contributed by atoms with Crippen LogP contribution in [0.3, 0.4) is 0 Å². The first-order valence-electron chi connectivity index (χ1n) is 11.3. The van der Waals surface area contributed by atoms with Crippen molar-refractivity contribution in [3.63, 3.8) is 0 Å². The molecule has 1 atom stereocenters. The number of rotatable bonds is 6. The van der Waals surface area contributed by atoms with E-state index in [9.17, 15) is 4.79 Å². The van der Waals surface area contributed by atoms with E-state index in [2.05, 4.69) is 67.4 Å². The van der Waals surface area contributed by atoms with E-state index in [1.54, 1.807) is 0 Å². The molecule has 2 aromatic carbocycles. The van der Waals surface area contributed by atoms with Crippen LogP contribution in [0.25, 0.3) is 10.8 Å². The first kappa shape index (κ1) is 20.2. The summed E-state index contributed by atoms with van der Waals surface area (Å²) in [7, 11) is 0. The summed E-state index contributed by atoms with van der Waals surface area (Å²) in [5.41, 5.74) is 1.34. The van der Waals surface area contributed by atoms with Gasteiger partial charge in [0.2, 0.25) is 5.91 Å². The van der Waals surface area contributed by atoms with Gasteiger partial charge in [0.05, 0.1) is 0 Å². The molecule has 31 heavy (non-hydrogen) atoms. The normalized spacial score (nSPS) is 19.3. The van der Waals surface area contributed by atoms with E-state index in [1.165, 1.54) is 16.3 Å². The molecule has 0 spiro atoms. The second kappa shape index (κ2) is 9.16. The number of hydrogen-bond donors (Lipinski definition) is 1. The maximum absolute atomic E-state index is 12.1. The Morgan fingerprint density at radius 3 is 2.87 bits per heavy atom. The van der Waals surface area contributed by atoms with E-state index in [0.29, 0.717) is 19.6 Å². The third-order valence-corrected chi connectivity index (χ3v) is 6.29. The standard InChI is InChI=1S/C24H29N5O2/c30-24(21-6-3-15-31-21)25-11-9-22-26-27-23-10-12-28(13-14-29(22)23)17-18-7-8-19-4-1-2-5-20(19)16-18/h1-2,4-5,7-8,16,21H,3,6,9-15,17H2,(H,25,30)/t21-/m0/s1. The van der Waals surface area contributed by atoms with Crippen molar-refractivity contribution >= 4 is 16.7 Å². The maximum atomic E-state index is 12.1. The molecule has 1 amide bonds. The van der Waals surface area contributed by atoms with Crippen LogP contribution >= 0.6 is 0 Å². The summed E-state index contributed by atoms with van der Waals surface area (Å²) in [5.74, 6) is 1.99. The van der Waals surface area contributed by atoms with E-state index in [4.69, 9.17) is 4.74 Å². The zero-order chi connectivity index (χ0) is 21.0. The summed E-state index contributed by atoms with van der Waals surface area (Å²) in [6, 6.07) is 15.2. The molecule has 0 aliphatic carbocycles. The van der Waals surface area contributed by atoms with E-state index in [0.717, 1.165) is 57.1 Å². The quantitative estimate of drug-likeness (QED) is 0.664. The fourth-order valence-corrected chi connectivity index (χ4v) is 4.56. The number of amides is 1. The van der Waals surface area contributed by atoms with Gasteiger partial charge in [0.15, 0.2) is 0 Å². The Hall–Kier alpha value is -2.77. The summed E-state index contributed by atoms with van der Waals surface area (Å²) in [5, 5.41) is 14.4. The smallest absolute Gasteiger partial charge is 0.249 e. The molecule has 0 saturated carbocycles. The number of benzene rings is 2. The first-order valence-corrected chi connectivity index (χ1v) is 11.3. The molecule has 0 radical (unpaired) electrons. The zero-order valence-electron chi connectivity index (χ0n) is 17.8. The number of carbonyl (C=O) groups excluding carboxylic acids is 1. The van der Waals surface area contributed by atoms with Crippen molar-refractivity contribution in [3.8, 4) is 0 Å². The van der Waals surface area contributed by atoms with E-state index in [-0.39, 0.29) is 12.0 Å². The summed E-state index contributed by atoms with van der Waals surface area (Å²) < 4.78 is 7.68. The highest BCUT2D eigenvalue weighted by Crippen LogP contribution is 2.18. The monoisotopic (exact) mass is 419 g/mol. The Morgan fingerprint density at radius 2 is 2.00 bits per heavy atom. The maximum Gasteiger partial charge on any atom is 0.249 e. The fourth-order valence-electron chi connectivity index (χ4n) is 4.56. The van der Waals surface area contributed by atoms with Gasteiger partial charge in [0.1, 0.15) is 17.8 Å². The van der Waals surface area contributed by atoms with Crippen LogP contribution in [0.4, 0.5) is 0 Å². The molecule has 1 N–H and O–H groups in total. The first-order chi connectivity index (χ1) is 15.3. The second-order valence-corrected chi connectivity index (χ2v) is 8.43. The van der Waals surface area contributed by atoms with Gasteiger partial charge in [0, 0.05) is 52.2 Å². The highest BCUT2D eigenvalue weighted by molar-refractivity contribution is 5.83. The summed E-state index contributed by atoms with van der Waals surface area (Å²) >= 11 is 0. The Kier molecular flexibility index (Phi) is 5.95. The van der Waals surface area contributed by atoms with E-state index >= 15 is 0 Å². The third-order valence-electron chi connectivity index (χ3n) is 6.29. The van der Waals surface area contributed by atoms with Crippen LogP contribution in [-0.2, 0) is 35.5 Å². The van der Waals surface area contributed by atoms with Crippen LogP contribution < -0.4 is 5.32 Å². The van der Waals surface area contributed by atoms with Crippen LogP contribution in [0.15, 0.2) is 42.5 Å². The van der Waals surface area contributed by atoms with Crippen molar-refractivity contribution in [2.24, 2.45) is 0 Å². The highest BCUT2D eigenvalue weighted by atomic mass is 16.5. The molecule has 3 aromatic rings. The topological polar surface area (TPSA) is 72.3 Å². The van der Waals surface area contributed by atoms with Gasteiger partial charge in [-0.1, -0.05) is 36.4 Å². The van der Waals surface area contributed by atoms with Gasteiger partial charge in [0.25, 0.3) is 0 Å². The van der Waals surface area contributed by atoms with Crippen molar-refractivity contribution in [1.82, 2.24) is 25.0 Å². The Labute approximate surface area is 182 Å². The van der Waals surface area contributed by atoms with Gasteiger partial charge in [-0.3, -0.25) is 9.69 Å². The van der Waals surface area contributed by atoms with Crippen LogP contribution in [0.2, 0.25) is 0 Å². The molecule has 1 saturated heterocycles. The predicted octanol–water partition coefficient (Wildman–Crippen LogP) is 2.33. The van der Waals surface area contributed by atoms with Gasteiger partial charge in [-0.2, -0.15) is 0 Å². The minimum absolute atomic E-state index is 0.00494. The Balaban J connectivity index is 1.17. The SMILES string of the molecule is O=C(NCCc1nnc2n1CCN(Cc1ccc3ccccc3c1)CC2)[C@@H]1CCCO1. The largest absolute Gasteiger partial charge is 0.368 e. The lowest BCUT2D eigenvalue weighted by atomic mass is 10.1. The number of nitrogens with one attached hydrogen (secondary N) is 1. The molecule has 2 aliphatic heterocycles. The highest BCUT2D eigenvalue weighted by Gasteiger charge is 2.23. The molecule has 7 nitrogen and oxygen atoms in total. The van der Waals surface area contributed by atoms with Crippen molar-refractivity contribution in [2.45, 2.75) is 44.9 Å². The average molecular weight is 420 g/mol. The summed E-state index contributed by atoms with van der Waals surface area (Å²) in [4.78, 5) is 14.6. The molecule has 1 fully saturated rings. The van der Waals surface area contributed by atoms with Gasteiger partial charge in [-0.05, 0) is 35.2 Å². The molecule has 2 aliphatic rings. The van der Waals surface area contributed by atoms with Crippen LogP contribution in [0.5, 0.6) is 0 Å². The van der Waals surface area contributed by atoms with Crippen molar-refractivity contribution < 1.29 is 9.53 Å². The van der Waals surface area contributed by atoms with Gasteiger partial charge >= 0.3 is 0 Å². The lowest BCUT2D eigenvalue weighted by Gasteiger charge is -2.20. The van der Waals surface area contributed by atoms with Gasteiger partial charge in [-0.15, -0.1) is 10.2 Å². The number of fused-ring (bicyclic) bond motifs is 2. The van der Waals surface area contributed by atoms with Crippen LogP contribution in [-0.4, -0.2) is 57.9 Å². The minimum atomic E-state index is -0.279. The number of carbonyl (C=O) groups is 1. The van der Waals surface area contributed by atoms with Gasteiger partial charge in [-0.25, -0.2) is 0 Å². The van der Waals surface area contributed by atoms with Crippen molar-refractivity contribution in [1.29, 1.82) is 0 Å². The number of ether oxygens (including phenoxy) is 1. The second-order valence-electron chi connectivity index (χ2n) is 8.43. The summed E-state index contributed by atoms with van der Waals surface area (Å²) in [6.45, 7) is 5.01. The lowest BCUT2D eigenvalue weighted by molar-refractivity contribution is -0.130. The van der Waals surface area contributed by atoms with Crippen LogP contribution in [0.1, 0.15) is 30.1 Å². The fraction of sp³-hybridized carbons (Fsp3) is 0.458. The molecule has 0 bridgehead atoms. The van der Waals surface area contributed by atoms with E-state index < -0.39 is 0 Å².